The van der Waals surface area contributed by atoms with E-state index in [-0.39, 0.29) is 18.2 Å². The average molecular weight is 510 g/mol. The number of non-ortho nitro benzene ring substituents is 1. The van der Waals surface area contributed by atoms with Gasteiger partial charge >= 0.3 is 0 Å². The Kier molecular flexibility index (Phi) is 6.78. The summed E-state index contributed by atoms with van der Waals surface area (Å²) in [6.45, 7) is 0.202. The molecule has 0 saturated carbocycles. The number of para-hydroxylation sites is 1. The van der Waals surface area contributed by atoms with E-state index in [0.29, 0.717) is 27.7 Å². The van der Waals surface area contributed by atoms with Crippen LogP contribution in [-0.2, 0) is 11.4 Å². The van der Waals surface area contributed by atoms with E-state index in [0.717, 1.165) is 16.7 Å². The zero-order chi connectivity index (χ0) is 25.8. The minimum atomic E-state index is -0.448. The molecule has 4 aromatic rings. The van der Waals surface area contributed by atoms with Crippen LogP contribution in [0.1, 0.15) is 16.7 Å². The highest BCUT2D eigenvalue weighted by molar-refractivity contribution is 6.37. The highest BCUT2D eigenvalue weighted by Crippen LogP contribution is 2.31. The van der Waals surface area contributed by atoms with Crippen LogP contribution in [-0.4, -0.2) is 16.5 Å². The maximum Gasteiger partial charge on any atom is 0.281 e. The van der Waals surface area contributed by atoms with Crippen molar-refractivity contribution in [3.05, 3.63) is 141 Å². The predicted octanol–water partition coefficient (Wildman–Crippen LogP) is 6.66. The number of carbonyl (C=O) groups is 1. The fourth-order valence-electron chi connectivity index (χ4n) is 3.86. The van der Waals surface area contributed by atoms with Gasteiger partial charge in [-0.15, -0.1) is 0 Å². The number of hydrogen-bond acceptors (Lipinski definition) is 5. The van der Waals surface area contributed by atoms with E-state index in [1.807, 2.05) is 66.7 Å². The first-order chi connectivity index (χ1) is 18.0. The maximum atomic E-state index is 13.4. The molecule has 1 heterocycles. The summed E-state index contributed by atoms with van der Waals surface area (Å²) in [5, 5.41) is 17.2. The van der Waals surface area contributed by atoms with Crippen LogP contribution in [0.3, 0.4) is 0 Å². The summed E-state index contributed by atoms with van der Waals surface area (Å²) in [5.74, 6) is 0.224. The fraction of sp³-hybridized carbons (Fsp3) is 0.0345. The molecule has 182 valence electrons. The van der Waals surface area contributed by atoms with Gasteiger partial charge in [0.2, 0.25) is 0 Å². The molecule has 1 amide bonds. The monoisotopic (exact) mass is 509 g/mol. The molecule has 7 nitrogen and oxygen atoms in total. The van der Waals surface area contributed by atoms with Crippen molar-refractivity contribution in [2.75, 3.05) is 5.01 Å². The van der Waals surface area contributed by atoms with Gasteiger partial charge in [-0.25, -0.2) is 0 Å². The second kappa shape index (κ2) is 10.5. The average Bonchev–Trinajstić information content (AvgIpc) is 3.25. The van der Waals surface area contributed by atoms with E-state index in [2.05, 4.69) is 5.10 Å². The molecule has 0 atom stereocenters. The van der Waals surface area contributed by atoms with Crippen molar-refractivity contribution in [2.24, 2.45) is 5.10 Å². The number of hydrazone groups is 1. The number of carbonyl (C=O) groups excluding carboxylic acids is 1. The Hall–Kier alpha value is -4.75. The van der Waals surface area contributed by atoms with Crippen LogP contribution in [0, 0.1) is 10.1 Å². The van der Waals surface area contributed by atoms with Gasteiger partial charge in [0.15, 0.2) is 0 Å². The van der Waals surface area contributed by atoms with Crippen LogP contribution in [0.25, 0.3) is 6.08 Å². The summed E-state index contributed by atoms with van der Waals surface area (Å²) in [4.78, 5) is 23.8. The van der Waals surface area contributed by atoms with Crippen molar-refractivity contribution < 1.29 is 14.5 Å². The number of halogens is 1. The van der Waals surface area contributed by atoms with Crippen LogP contribution in [0.15, 0.2) is 114 Å². The van der Waals surface area contributed by atoms with Crippen LogP contribution >= 0.6 is 11.6 Å². The number of rotatable bonds is 7. The van der Waals surface area contributed by atoms with Crippen molar-refractivity contribution >= 4 is 40.7 Å². The van der Waals surface area contributed by atoms with Crippen molar-refractivity contribution in [3.8, 4) is 5.75 Å². The molecular weight excluding hydrogens is 490 g/mol. The number of ether oxygens (including phenoxy) is 1. The Morgan fingerprint density at radius 3 is 2.24 bits per heavy atom. The molecule has 0 radical (unpaired) electrons. The molecule has 1 aliphatic rings. The van der Waals surface area contributed by atoms with Crippen molar-refractivity contribution in [1.82, 2.24) is 0 Å². The molecule has 0 saturated heterocycles. The van der Waals surface area contributed by atoms with Gasteiger partial charge in [0.1, 0.15) is 18.1 Å². The van der Waals surface area contributed by atoms with E-state index in [9.17, 15) is 14.9 Å². The topological polar surface area (TPSA) is 85.0 Å². The molecule has 1 aliphatic heterocycles. The zero-order valence-corrected chi connectivity index (χ0v) is 20.2. The molecule has 0 bridgehead atoms. The van der Waals surface area contributed by atoms with Gasteiger partial charge in [-0.05, 0) is 53.6 Å². The third-order valence-electron chi connectivity index (χ3n) is 5.73. The number of benzene rings is 4. The van der Waals surface area contributed by atoms with Gasteiger partial charge in [-0.1, -0.05) is 66.2 Å². The maximum absolute atomic E-state index is 13.4. The van der Waals surface area contributed by atoms with Crippen molar-refractivity contribution in [3.63, 3.8) is 0 Å². The minimum absolute atomic E-state index is 0.0184. The fourth-order valence-corrected chi connectivity index (χ4v) is 4.11. The quantitative estimate of drug-likeness (QED) is 0.158. The molecule has 5 rings (SSSR count). The molecular formula is C29H20ClN3O4. The molecule has 0 fully saturated rings. The molecule has 0 aliphatic carbocycles. The van der Waals surface area contributed by atoms with E-state index in [1.54, 1.807) is 30.3 Å². The summed E-state index contributed by atoms with van der Waals surface area (Å²) >= 11 is 6.49. The van der Waals surface area contributed by atoms with Crippen LogP contribution in [0.4, 0.5) is 11.4 Å². The van der Waals surface area contributed by atoms with Gasteiger partial charge in [-0.3, -0.25) is 14.9 Å². The number of amides is 1. The zero-order valence-electron chi connectivity index (χ0n) is 19.5. The number of nitrogens with zero attached hydrogens (tertiary/aromatic N) is 3. The lowest BCUT2D eigenvalue weighted by Gasteiger charge is -2.11. The lowest BCUT2D eigenvalue weighted by Crippen LogP contribution is -2.21. The summed E-state index contributed by atoms with van der Waals surface area (Å²) in [6, 6.07) is 30.2. The Bertz CT molecular complexity index is 1520. The van der Waals surface area contributed by atoms with Crippen LogP contribution in [0.2, 0.25) is 5.02 Å². The SMILES string of the molecule is O=C1/C(=C\c2ccc(OCc3ccc([N+](=O)[O-])cc3)c(Cl)c2)C(c2ccccc2)=NN1c1ccccc1. The molecule has 37 heavy (non-hydrogen) atoms. The van der Waals surface area contributed by atoms with Gasteiger partial charge in [0.05, 0.1) is 21.2 Å². The molecule has 0 N–H and O–H groups in total. The van der Waals surface area contributed by atoms with E-state index >= 15 is 0 Å². The Labute approximate surface area is 218 Å². The second-order valence-corrected chi connectivity index (χ2v) is 8.63. The van der Waals surface area contributed by atoms with Gasteiger partial charge in [-0.2, -0.15) is 10.1 Å². The standard InChI is InChI=1S/C29H20ClN3O4/c30-26-18-21(13-16-27(26)37-19-20-11-14-24(15-12-20)33(35)36)17-25-28(22-7-3-1-4-8-22)31-32(29(25)34)23-9-5-2-6-10-23/h1-18H,19H2/b25-17-. The smallest absolute Gasteiger partial charge is 0.281 e. The number of nitro groups is 1. The van der Waals surface area contributed by atoms with E-state index in [1.165, 1.54) is 17.1 Å². The number of hydrogen-bond donors (Lipinski definition) is 0. The predicted molar refractivity (Wildman–Crippen MR) is 144 cm³/mol. The minimum Gasteiger partial charge on any atom is -0.487 e. The van der Waals surface area contributed by atoms with E-state index < -0.39 is 4.92 Å². The number of nitro benzene ring substituents is 1. The Morgan fingerprint density at radius 2 is 1.59 bits per heavy atom. The first-order valence-corrected chi connectivity index (χ1v) is 11.8. The highest BCUT2D eigenvalue weighted by Gasteiger charge is 2.32. The van der Waals surface area contributed by atoms with Crippen LogP contribution in [0.5, 0.6) is 5.75 Å². The Balaban J connectivity index is 1.40. The van der Waals surface area contributed by atoms with E-state index in [4.69, 9.17) is 16.3 Å². The van der Waals surface area contributed by atoms with Crippen LogP contribution < -0.4 is 9.75 Å². The van der Waals surface area contributed by atoms with Gasteiger partial charge < -0.3 is 4.74 Å². The third kappa shape index (κ3) is 5.27. The van der Waals surface area contributed by atoms with Crippen molar-refractivity contribution in [1.29, 1.82) is 0 Å². The normalized spacial score (nSPS) is 14.1. The molecule has 0 aromatic heterocycles. The highest BCUT2D eigenvalue weighted by atomic mass is 35.5. The molecule has 8 heteroatoms. The summed E-state index contributed by atoms with van der Waals surface area (Å²) in [7, 11) is 0. The molecule has 0 spiro atoms. The van der Waals surface area contributed by atoms with Gasteiger partial charge in [0, 0.05) is 17.7 Å². The summed E-state index contributed by atoms with van der Waals surface area (Å²) in [6.07, 6.45) is 1.77. The van der Waals surface area contributed by atoms with Crippen molar-refractivity contribution in [2.45, 2.75) is 6.61 Å². The third-order valence-corrected chi connectivity index (χ3v) is 6.03. The summed E-state index contributed by atoms with van der Waals surface area (Å²) in [5.41, 5.74) is 4.04. The first kappa shape index (κ1) is 24.0. The lowest BCUT2D eigenvalue weighted by molar-refractivity contribution is -0.384. The Morgan fingerprint density at radius 1 is 0.919 bits per heavy atom. The summed E-state index contributed by atoms with van der Waals surface area (Å²) < 4.78 is 5.81. The second-order valence-electron chi connectivity index (χ2n) is 8.23. The van der Waals surface area contributed by atoms with Gasteiger partial charge in [0.25, 0.3) is 11.6 Å². The largest absolute Gasteiger partial charge is 0.487 e. The number of anilines is 1. The lowest BCUT2D eigenvalue weighted by atomic mass is 10.0. The first-order valence-electron chi connectivity index (χ1n) is 11.4. The molecule has 0 unspecified atom stereocenters. The molecule has 4 aromatic carbocycles.